The summed E-state index contributed by atoms with van der Waals surface area (Å²) in [5, 5.41) is 4.49. The fourth-order valence-corrected chi connectivity index (χ4v) is 5.26. The zero-order valence-corrected chi connectivity index (χ0v) is 17.4. The van der Waals surface area contributed by atoms with Crippen molar-refractivity contribution in [2.45, 2.75) is 24.3 Å². The molecule has 1 aliphatic rings. The van der Waals surface area contributed by atoms with Gasteiger partial charge in [-0.15, -0.1) is 0 Å². The van der Waals surface area contributed by atoms with Crippen LogP contribution in [0.5, 0.6) is 5.75 Å². The first-order valence-corrected chi connectivity index (χ1v) is 10.9. The summed E-state index contributed by atoms with van der Waals surface area (Å²) in [4.78, 5) is 0.182. The molecule has 0 aliphatic carbocycles. The maximum absolute atomic E-state index is 13.9. The molecule has 0 bridgehead atoms. The number of benzene rings is 3. The molecule has 0 aromatic heterocycles. The molecule has 3 aromatic rings. The number of nitrogens with zero attached hydrogens (tertiary/aromatic N) is 2. The van der Waals surface area contributed by atoms with E-state index in [4.69, 9.17) is 4.74 Å². The molecule has 0 amide bonds. The van der Waals surface area contributed by atoms with Crippen LogP contribution in [0, 0.1) is 12.7 Å². The van der Waals surface area contributed by atoms with Crippen LogP contribution < -0.4 is 4.74 Å². The van der Waals surface area contributed by atoms with Crippen molar-refractivity contribution in [2.24, 2.45) is 5.10 Å². The zero-order valence-electron chi connectivity index (χ0n) is 16.6. The second-order valence-electron chi connectivity index (χ2n) is 7.10. The van der Waals surface area contributed by atoms with E-state index in [2.05, 4.69) is 5.10 Å². The highest BCUT2D eigenvalue weighted by molar-refractivity contribution is 7.89. The zero-order chi connectivity index (χ0) is 21.3. The van der Waals surface area contributed by atoms with Crippen LogP contribution in [0.15, 0.2) is 82.8 Å². The number of hydrogen-bond donors (Lipinski definition) is 0. The Morgan fingerprint density at radius 1 is 1.03 bits per heavy atom. The van der Waals surface area contributed by atoms with Gasteiger partial charge in [-0.25, -0.2) is 4.39 Å². The minimum atomic E-state index is -3.94. The Balaban J connectivity index is 1.84. The van der Waals surface area contributed by atoms with E-state index in [9.17, 15) is 12.8 Å². The summed E-state index contributed by atoms with van der Waals surface area (Å²) in [6.45, 7) is 1.74. The molecule has 0 fully saturated rings. The molecule has 1 heterocycles. The number of rotatable bonds is 5. The number of sulfonamides is 1. The van der Waals surface area contributed by atoms with Crippen molar-refractivity contribution in [3.63, 3.8) is 0 Å². The van der Waals surface area contributed by atoms with Crippen molar-refractivity contribution in [2.75, 3.05) is 7.11 Å². The van der Waals surface area contributed by atoms with Gasteiger partial charge in [0.25, 0.3) is 10.0 Å². The van der Waals surface area contributed by atoms with E-state index in [0.29, 0.717) is 29.0 Å². The third kappa shape index (κ3) is 3.68. The van der Waals surface area contributed by atoms with Crippen LogP contribution in [0.2, 0.25) is 0 Å². The second kappa shape index (κ2) is 7.91. The summed E-state index contributed by atoms with van der Waals surface area (Å²) in [6, 6.07) is 19.4. The van der Waals surface area contributed by atoms with Gasteiger partial charge in [-0.2, -0.15) is 17.9 Å². The molecule has 0 radical (unpaired) electrons. The molecule has 30 heavy (non-hydrogen) atoms. The monoisotopic (exact) mass is 424 g/mol. The summed E-state index contributed by atoms with van der Waals surface area (Å²) >= 11 is 0. The van der Waals surface area contributed by atoms with Crippen molar-refractivity contribution in [3.05, 3.63) is 95.3 Å². The molecule has 0 spiro atoms. The van der Waals surface area contributed by atoms with E-state index in [1.165, 1.54) is 12.1 Å². The van der Waals surface area contributed by atoms with Gasteiger partial charge in [0.15, 0.2) is 0 Å². The highest BCUT2D eigenvalue weighted by Gasteiger charge is 2.38. The minimum Gasteiger partial charge on any atom is -0.497 e. The average molecular weight is 424 g/mol. The van der Waals surface area contributed by atoms with Gasteiger partial charge in [0.2, 0.25) is 0 Å². The van der Waals surface area contributed by atoms with Crippen molar-refractivity contribution in [1.29, 1.82) is 0 Å². The van der Waals surface area contributed by atoms with Gasteiger partial charge in [-0.3, -0.25) is 0 Å². The Labute approximate surface area is 175 Å². The molecule has 4 rings (SSSR count). The topological polar surface area (TPSA) is 59.0 Å². The summed E-state index contributed by atoms with van der Waals surface area (Å²) in [5.74, 6) is 0.230. The second-order valence-corrected chi connectivity index (χ2v) is 8.86. The van der Waals surface area contributed by atoms with E-state index in [1.807, 2.05) is 24.3 Å². The third-order valence-corrected chi connectivity index (χ3v) is 6.97. The van der Waals surface area contributed by atoms with Crippen molar-refractivity contribution in [3.8, 4) is 5.75 Å². The highest BCUT2D eigenvalue weighted by Crippen LogP contribution is 2.38. The molecule has 0 saturated heterocycles. The molecule has 154 valence electrons. The lowest BCUT2D eigenvalue weighted by Gasteiger charge is -2.24. The molecular formula is C23H21FN2O3S. The van der Waals surface area contributed by atoms with Crippen LogP contribution in [-0.4, -0.2) is 25.7 Å². The molecule has 0 saturated carbocycles. The van der Waals surface area contributed by atoms with E-state index >= 15 is 0 Å². The Morgan fingerprint density at radius 2 is 1.80 bits per heavy atom. The molecule has 5 nitrogen and oxygen atoms in total. The number of methoxy groups -OCH3 is 1. The maximum atomic E-state index is 13.9. The van der Waals surface area contributed by atoms with Crippen molar-refractivity contribution >= 4 is 15.7 Å². The standard InChI is InChI=1S/C23H21FN2O3S/c1-16-7-3-4-12-23(16)30(27,28)26-22(18-9-5-10-19(24)13-18)15-21(25-26)17-8-6-11-20(14-17)29-2/h3-14,22H,15H2,1-2H3. The maximum Gasteiger partial charge on any atom is 0.279 e. The fourth-order valence-electron chi connectivity index (χ4n) is 3.60. The van der Waals surface area contributed by atoms with Gasteiger partial charge in [0.1, 0.15) is 11.6 Å². The van der Waals surface area contributed by atoms with Crippen molar-refractivity contribution in [1.82, 2.24) is 4.41 Å². The van der Waals surface area contributed by atoms with Crippen molar-refractivity contribution < 1.29 is 17.5 Å². The third-order valence-electron chi connectivity index (χ3n) is 5.13. The van der Waals surface area contributed by atoms with Crippen LogP contribution in [0.4, 0.5) is 4.39 Å². The molecule has 7 heteroatoms. The summed E-state index contributed by atoms with van der Waals surface area (Å²) in [7, 11) is -2.37. The summed E-state index contributed by atoms with van der Waals surface area (Å²) < 4.78 is 47.4. The predicted molar refractivity (Wildman–Crippen MR) is 113 cm³/mol. The predicted octanol–water partition coefficient (Wildman–Crippen LogP) is 4.68. The minimum absolute atomic E-state index is 0.182. The molecule has 1 unspecified atom stereocenters. The van der Waals surface area contributed by atoms with Gasteiger partial charge in [-0.1, -0.05) is 42.5 Å². The number of aryl methyl sites for hydroxylation is 1. The molecular weight excluding hydrogens is 403 g/mol. The smallest absolute Gasteiger partial charge is 0.279 e. The molecule has 0 N–H and O–H groups in total. The van der Waals surface area contributed by atoms with Crippen LogP contribution in [0.25, 0.3) is 0 Å². The van der Waals surface area contributed by atoms with Gasteiger partial charge in [0, 0.05) is 12.0 Å². The summed E-state index contributed by atoms with van der Waals surface area (Å²) in [5.41, 5.74) is 2.54. The Hall–Kier alpha value is -3.19. The Morgan fingerprint density at radius 3 is 2.53 bits per heavy atom. The number of halogens is 1. The van der Waals surface area contributed by atoms with Gasteiger partial charge >= 0.3 is 0 Å². The first-order valence-electron chi connectivity index (χ1n) is 9.47. The number of hydrazone groups is 1. The lowest BCUT2D eigenvalue weighted by atomic mass is 9.99. The number of ether oxygens (including phenoxy) is 1. The van der Waals surface area contributed by atoms with E-state index in [-0.39, 0.29) is 4.90 Å². The average Bonchev–Trinajstić information content (AvgIpc) is 3.20. The van der Waals surface area contributed by atoms with E-state index in [1.54, 1.807) is 50.4 Å². The molecule has 1 aliphatic heterocycles. The first-order chi connectivity index (χ1) is 14.4. The van der Waals surface area contributed by atoms with E-state index in [0.717, 1.165) is 9.98 Å². The van der Waals surface area contributed by atoms with Gasteiger partial charge < -0.3 is 4.74 Å². The molecule has 1 atom stereocenters. The molecule has 3 aromatic carbocycles. The van der Waals surface area contributed by atoms with Gasteiger partial charge in [-0.05, 0) is 48.4 Å². The Kier molecular flexibility index (Phi) is 5.30. The van der Waals surface area contributed by atoms with Crippen LogP contribution in [0.3, 0.4) is 0 Å². The lowest BCUT2D eigenvalue weighted by Crippen LogP contribution is -2.28. The Bertz CT molecular complexity index is 1220. The SMILES string of the molecule is COc1cccc(C2=NN(S(=O)(=O)c3ccccc3C)C(c3cccc(F)c3)C2)c1. The first kappa shape index (κ1) is 20.1. The quantitative estimate of drug-likeness (QED) is 0.597. The highest BCUT2D eigenvalue weighted by atomic mass is 32.2. The number of hydrogen-bond acceptors (Lipinski definition) is 4. The van der Waals surface area contributed by atoms with Crippen LogP contribution >= 0.6 is 0 Å². The normalized spacial score (nSPS) is 16.4. The summed E-state index contributed by atoms with van der Waals surface area (Å²) in [6.07, 6.45) is 0.321. The lowest BCUT2D eigenvalue weighted by molar-refractivity contribution is 0.370. The van der Waals surface area contributed by atoms with Gasteiger partial charge in [0.05, 0.1) is 23.8 Å². The largest absolute Gasteiger partial charge is 0.497 e. The van der Waals surface area contributed by atoms with Crippen LogP contribution in [-0.2, 0) is 10.0 Å². The van der Waals surface area contributed by atoms with E-state index < -0.39 is 21.9 Å². The van der Waals surface area contributed by atoms with Crippen LogP contribution in [0.1, 0.15) is 29.2 Å². The fraction of sp³-hybridized carbons (Fsp3) is 0.174.